The zero-order chi connectivity index (χ0) is 24.4. The number of nitrogens with zero attached hydrogens (tertiary/aromatic N) is 4. The van der Waals surface area contributed by atoms with E-state index < -0.39 is 22.8 Å². The number of aliphatic hydroxyl groups is 1. The number of phenolic OH excluding ortho intramolecular Hbond substituents is 1. The van der Waals surface area contributed by atoms with Gasteiger partial charge in [-0.2, -0.15) is 18.3 Å². The number of fused-ring (bicyclic) bond motifs is 1. The molecule has 3 atom stereocenters. The molecule has 2 aliphatic carbocycles. The molecule has 3 fully saturated rings. The van der Waals surface area contributed by atoms with Gasteiger partial charge >= 0.3 is 6.18 Å². The molecule has 1 saturated carbocycles. The molecule has 6 rings (SSSR count). The molecule has 2 aliphatic heterocycles. The molecule has 0 radical (unpaired) electrons. The van der Waals surface area contributed by atoms with E-state index in [1.165, 1.54) is 23.1 Å². The molecule has 2 saturated heterocycles. The number of hydrogen-bond donors (Lipinski definition) is 2. The lowest BCUT2D eigenvalue weighted by atomic mass is 9.52. The first-order chi connectivity index (χ1) is 16.7. The third-order valence-electron chi connectivity index (χ3n) is 9.13. The van der Waals surface area contributed by atoms with Gasteiger partial charge in [-0.3, -0.25) is 9.58 Å². The van der Waals surface area contributed by atoms with Crippen LogP contribution in [0.2, 0.25) is 0 Å². The number of hydrogen-bond acceptors (Lipinski definition) is 5. The summed E-state index contributed by atoms with van der Waals surface area (Å²) >= 11 is 0. The van der Waals surface area contributed by atoms with E-state index in [4.69, 9.17) is 0 Å². The first kappa shape index (κ1) is 23.3. The number of alkyl halides is 3. The topological polar surface area (TPSA) is 64.8 Å². The van der Waals surface area contributed by atoms with E-state index in [2.05, 4.69) is 14.9 Å². The second-order valence-electron chi connectivity index (χ2n) is 11.1. The summed E-state index contributed by atoms with van der Waals surface area (Å²) in [5, 5.41) is 26.7. The van der Waals surface area contributed by atoms with Gasteiger partial charge in [-0.15, -0.1) is 0 Å². The molecule has 9 heteroatoms. The van der Waals surface area contributed by atoms with Gasteiger partial charge in [0.25, 0.3) is 0 Å². The Hall–Kier alpha value is -2.10. The molecule has 190 valence electrons. The van der Waals surface area contributed by atoms with E-state index in [1.54, 1.807) is 6.07 Å². The summed E-state index contributed by atoms with van der Waals surface area (Å²) in [6, 6.07) is 5.70. The summed E-state index contributed by atoms with van der Waals surface area (Å²) in [7, 11) is 0. The summed E-state index contributed by atoms with van der Waals surface area (Å²) < 4.78 is 40.2. The number of piperidine rings is 1. The Morgan fingerprint density at radius 2 is 1.83 bits per heavy atom. The predicted octanol–water partition coefficient (Wildman–Crippen LogP) is 3.41. The minimum absolute atomic E-state index is 0.0503. The summed E-state index contributed by atoms with van der Waals surface area (Å²) in [6.07, 6.45) is 3.11. The van der Waals surface area contributed by atoms with Crippen molar-refractivity contribution >= 4 is 0 Å². The fraction of sp³-hybridized carbons (Fsp3) is 0.654. The smallest absolute Gasteiger partial charge is 0.419 e. The first-order valence-electron chi connectivity index (χ1n) is 12.8. The van der Waals surface area contributed by atoms with E-state index in [0.717, 1.165) is 62.8 Å². The maximum Gasteiger partial charge on any atom is 0.419 e. The maximum absolute atomic E-state index is 12.9. The van der Waals surface area contributed by atoms with Gasteiger partial charge < -0.3 is 15.1 Å². The zero-order valence-corrected chi connectivity index (χ0v) is 19.8. The molecule has 2 N–H and O–H groups in total. The van der Waals surface area contributed by atoms with Crippen LogP contribution in [0.3, 0.4) is 0 Å². The highest BCUT2D eigenvalue weighted by atomic mass is 19.4. The fourth-order valence-corrected chi connectivity index (χ4v) is 7.01. The largest absolute Gasteiger partial charge is 0.508 e. The van der Waals surface area contributed by atoms with Crippen molar-refractivity contribution in [1.29, 1.82) is 0 Å². The standard InChI is InChI=1S/C26H33F3N4O2/c27-26(28,29)20-15-30-33(17-20)12-11-31-8-5-24-6-10-32(16-18-1-2-18)23(25(24,35)7-9-31)13-19-3-4-21(34)14-22(19)24/h3-4,14-15,17-18,23,34-35H,1-2,5-13,16H2. The van der Waals surface area contributed by atoms with E-state index in [1.807, 2.05) is 12.1 Å². The molecule has 2 aromatic rings. The molecule has 35 heavy (non-hydrogen) atoms. The summed E-state index contributed by atoms with van der Waals surface area (Å²) in [6.45, 7) is 4.38. The van der Waals surface area contributed by atoms with Crippen LogP contribution in [0.15, 0.2) is 30.6 Å². The third-order valence-corrected chi connectivity index (χ3v) is 9.13. The van der Waals surface area contributed by atoms with Gasteiger partial charge in [0.15, 0.2) is 0 Å². The lowest BCUT2D eigenvalue weighted by Gasteiger charge is -2.61. The zero-order valence-electron chi connectivity index (χ0n) is 19.8. The highest BCUT2D eigenvalue weighted by Crippen LogP contribution is 2.56. The Morgan fingerprint density at radius 3 is 2.57 bits per heavy atom. The lowest BCUT2D eigenvalue weighted by Crippen LogP contribution is -2.71. The molecule has 3 unspecified atom stereocenters. The van der Waals surface area contributed by atoms with E-state index in [9.17, 15) is 23.4 Å². The van der Waals surface area contributed by atoms with Crippen LogP contribution < -0.4 is 0 Å². The predicted molar refractivity (Wildman–Crippen MR) is 124 cm³/mol. The van der Waals surface area contributed by atoms with Gasteiger partial charge in [0, 0.05) is 37.3 Å². The summed E-state index contributed by atoms with van der Waals surface area (Å²) in [5.41, 5.74) is 0.265. The van der Waals surface area contributed by atoms with Crippen molar-refractivity contribution in [2.75, 3.05) is 32.7 Å². The molecule has 0 spiro atoms. The van der Waals surface area contributed by atoms with Crippen molar-refractivity contribution < 1.29 is 23.4 Å². The average molecular weight is 491 g/mol. The second kappa shape index (κ2) is 8.21. The van der Waals surface area contributed by atoms with Crippen LogP contribution in [0.5, 0.6) is 5.75 Å². The number of phenols is 1. The molecule has 3 heterocycles. The number of aromatic nitrogens is 2. The number of halogens is 3. The highest BCUT2D eigenvalue weighted by Gasteiger charge is 2.63. The molecule has 2 bridgehead atoms. The Balaban J connectivity index is 1.26. The molecule has 0 amide bonds. The van der Waals surface area contributed by atoms with E-state index in [-0.39, 0.29) is 11.8 Å². The van der Waals surface area contributed by atoms with Gasteiger partial charge in [-0.05, 0) is 80.8 Å². The van der Waals surface area contributed by atoms with Crippen molar-refractivity contribution in [3.63, 3.8) is 0 Å². The SMILES string of the molecule is Oc1ccc2c(c1)C13CCN(CCn4cc(C(F)(F)F)cn4)CCC1(O)C(C2)N(CC1CC1)CC3. The second-order valence-corrected chi connectivity index (χ2v) is 11.1. The number of rotatable bonds is 5. The van der Waals surface area contributed by atoms with Crippen LogP contribution in [-0.4, -0.2) is 74.2 Å². The number of aromatic hydroxyl groups is 1. The number of benzene rings is 1. The first-order valence-corrected chi connectivity index (χ1v) is 12.8. The lowest BCUT2D eigenvalue weighted by molar-refractivity contribution is -0.149. The minimum Gasteiger partial charge on any atom is -0.508 e. The van der Waals surface area contributed by atoms with Crippen LogP contribution in [-0.2, 0) is 24.6 Å². The molecule has 1 aromatic heterocycles. The third kappa shape index (κ3) is 3.96. The normalized spacial score (nSPS) is 31.6. The van der Waals surface area contributed by atoms with Gasteiger partial charge in [0.1, 0.15) is 5.75 Å². The average Bonchev–Trinajstić information content (AvgIpc) is 3.52. The fourth-order valence-electron chi connectivity index (χ4n) is 7.01. The summed E-state index contributed by atoms with van der Waals surface area (Å²) in [4.78, 5) is 4.77. The van der Waals surface area contributed by atoms with Crippen molar-refractivity contribution in [2.24, 2.45) is 5.92 Å². The van der Waals surface area contributed by atoms with Crippen LogP contribution in [0.1, 0.15) is 48.8 Å². The molecular formula is C26H33F3N4O2. The molecule has 1 aromatic carbocycles. The van der Waals surface area contributed by atoms with Gasteiger partial charge in [-0.1, -0.05) is 6.07 Å². The maximum atomic E-state index is 12.9. The number of likely N-dealkylation sites (tertiary alicyclic amines) is 2. The quantitative estimate of drug-likeness (QED) is 0.673. The van der Waals surface area contributed by atoms with E-state index >= 15 is 0 Å². The molecular weight excluding hydrogens is 457 g/mol. The molecule has 4 aliphatic rings. The van der Waals surface area contributed by atoms with Crippen molar-refractivity contribution in [1.82, 2.24) is 19.6 Å². The molecule has 6 nitrogen and oxygen atoms in total. The Bertz CT molecular complexity index is 1100. The van der Waals surface area contributed by atoms with Gasteiger partial charge in [0.2, 0.25) is 0 Å². The van der Waals surface area contributed by atoms with Crippen LogP contribution in [0.4, 0.5) is 13.2 Å². The minimum atomic E-state index is -4.39. The van der Waals surface area contributed by atoms with E-state index in [0.29, 0.717) is 26.1 Å². The van der Waals surface area contributed by atoms with Crippen LogP contribution in [0, 0.1) is 5.92 Å². The van der Waals surface area contributed by atoms with Crippen molar-refractivity contribution in [3.8, 4) is 5.75 Å². The Morgan fingerprint density at radius 1 is 1.06 bits per heavy atom. The van der Waals surface area contributed by atoms with Crippen LogP contribution in [0.25, 0.3) is 0 Å². The monoisotopic (exact) mass is 490 g/mol. The Labute approximate surface area is 203 Å². The van der Waals surface area contributed by atoms with Gasteiger partial charge in [0.05, 0.1) is 23.9 Å². The Kier molecular flexibility index (Phi) is 5.47. The summed E-state index contributed by atoms with van der Waals surface area (Å²) in [5.74, 6) is 0.977. The van der Waals surface area contributed by atoms with Crippen molar-refractivity contribution in [2.45, 2.75) is 68.3 Å². The highest BCUT2D eigenvalue weighted by molar-refractivity contribution is 5.48. The van der Waals surface area contributed by atoms with Gasteiger partial charge in [-0.25, -0.2) is 0 Å². The van der Waals surface area contributed by atoms with Crippen LogP contribution >= 0.6 is 0 Å². The van der Waals surface area contributed by atoms with Crippen molar-refractivity contribution in [3.05, 3.63) is 47.3 Å².